The second-order valence-corrected chi connectivity index (χ2v) is 10.3. The van der Waals surface area contributed by atoms with Crippen molar-refractivity contribution in [2.45, 2.75) is 61.3 Å². The van der Waals surface area contributed by atoms with Gasteiger partial charge in [-0.05, 0) is 63.5 Å². The molecule has 0 amide bonds. The molecule has 186 valence electrons. The predicted octanol–water partition coefficient (Wildman–Crippen LogP) is 4.18. The van der Waals surface area contributed by atoms with Gasteiger partial charge in [0.05, 0.1) is 30.3 Å². The summed E-state index contributed by atoms with van der Waals surface area (Å²) in [6.45, 7) is 12.3. The van der Waals surface area contributed by atoms with Crippen molar-refractivity contribution in [3.05, 3.63) is 20.9 Å². The third-order valence-corrected chi connectivity index (χ3v) is 8.11. The fourth-order valence-electron chi connectivity index (χ4n) is 4.30. The molecule has 0 aliphatic carbocycles. The topological polar surface area (TPSA) is 138 Å². The quantitative estimate of drug-likeness (QED) is 0.355. The van der Waals surface area contributed by atoms with E-state index in [2.05, 4.69) is 0 Å². The molecule has 0 aliphatic heterocycles. The van der Waals surface area contributed by atoms with E-state index in [1.807, 2.05) is 20.8 Å². The van der Waals surface area contributed by atoms with Crippen LogP contribution in [0, 0.1) is 56.3 Å². The number of aliphatic carboxylic acids is 3. The van der Waals surface area contributed by atoms with Crippen LogP contribution in [0.5, 0.6) is 0 Å². The lowest BCUT2D eigenvalue weighted by atomic mass is 9.72. The molecule has 0 fully saturated rings. The van der Waals surface area contributed by atoms with Crippen LogP contribution in [0.3, 0.4) is 0 Å². The van der Waals surface area contributed by atoms with E-state index in [9.17, 15) is 34.5 Å². The Morgan fingerprint density at radius 3 is 1.73 bits per heavy atom. The lowest BCUT2D eigenvalue weighted by molar-refractivity contribution is -0.154. The van der Waals surface area contributed by atoms with Gasteiger partial charge >= 0.3 is 23.9 Å². The Hall–Kier alpha value is -2.42. The van der Waals surface area contributed by atoms with Gasteiger partial charge in [-0.25, -0.2) is 0 Å². The summed E-state index contributed by atoms with van der Waals surface area (Å²) in [6.07, 6.45) is 0.0196. The molecule has 9 heteroatoms. The van der Waals surface area contributed by atoms with E-state index in [1.165, 1.54) is 13.8 Å². The number of aryl methyl sites for hydroxylation is 2. The Balaban J connectivity index is 3.35. The second kappa shape index (κ2) is 12.2. The van der Waals surface area contributed by atoms with E-state index in [0.29, 0.717) is 6.42 Å². The molecule has 3 N–H and O–H groups in total. The number of carboxylic acid groups (broad SMARTS) is 3. The predicted molar refractivity (Wildman–Crippen MR) is 124 cm³/mol. The number of hydrogen-bond acceptors (Lipinski definition) is 6. The van der Waals surface area contributed by atoms with Crippen LogP contribution in [-0.2, 0) is 30.3 Å². The van der Waals surface area contributed by atoms with Crippen molar-refractivity contribution in [1.82, 2.24) is 0 Å². The molecule has 0 spiro atoms. The minimum atomic E-state index is -1.25. The van der Waals surface area contributed by atoms with Crippen molar-refractivity contribution in [2.75, 3.05) is 6.61 Å². The van der Waals surface area contributed by atoms with E-state index in [0.717, 1.165) is 20.9 Å². The SMILES string of the molecule is CCOC(=O)C(Cc1c(C)sc(C)c1C)C(C)C(CC(C(=O)O)C(C)C(C)C(=O)O)C(=O)O. The first kappa shape index (κ1) is 28.6. The van der Waals surface area contributed by atoms with Crippen LogP contribution in [0.4, 0.5) is 0 Å². The van der Waals surface area contributed by atoms with E-state index >= 15 is 0 Å². The number of carboxylic acids is 3. The molecule has 0 aliphatic rings. The molecule has 1 rings (SSSR count). The second-order valence-electron chi connectivity index (χ2n) is 8.85. The molecule has 1 heterocycles. The molecule has 33 heavy (non-hydrogen) atoms. The first-order valence-electron chi connectivity index (χ1n) is 11.1. The van der Waals surface area contributed by atoms with Crippen LogP contribution in [0.1, 0.15) is 55.0 Å². The summed E-state index contributed by atoms with van der Waals surface area (Å²) in [5.74, 6) is -9.73. The van der Waals surface area contributed by atoms with Crippen LogP contribution in [0.2, 0.25) is 0 Å². The molecule has 6 unspecified atom stereocenters. The number of thiophene rings is 1. The highest BCUT2D eigenvalue weighted by molar-refractivity contribution is 7.12. The number of carbonyl (C=O) groups excluding carboxylic acids is 1. The van der Waals surface area contributed by atoms with E-state index in [4.69, 9.17) is 4.74 Å². The number of rotatable bonds is 13. The minimum Gasteiger partial charge on any atom is -0.481 e. The summed E-state index contributed by atoms with van der Waals surface area (Å²) in [4.78, 5) is 50.7. The van der Waals surface area contributed by atoms with Gasteiger partial charge in [0.15, 0.2) is 0 Å². The summed E-state index contributed by atoms with van der Waals surface area (Å²) in [7, 11) is 0. The van der Waals surface area contributed by atoms with Crippen molar-refractivity contribution in [3.63, 3.8) is 0 Å². The van der Waals surface area contributed by atoms with Gasteiger partial charge in [0.25, 0.3) is 0 Å². The highest BCUT2D eigenvalue weighted by Gasteiger charge is 2.41. The number of ether oxygens (including phenoxy) is 1. The third kappa shape index (κ3) is 7.03. The van der Waals surface area contributed by atoms with Crippen LogP contribution in [-0.4, -0.2) is 45.8 Å². The summed E-state index contributed by atoms with van der Waals surface area (Å²) in [6, 6.07) is 0. The van der Waals surface area contributed by atoms with Crippen molar-refractivity contribution >= 4 is 35.2 Å². The molecule has 0 bridgehead atoms. The van der Waals surface area contributed by atoms with E-state index in [-0.39, 0.29) is 13.0 Å². The Kier molecular flexibility index (Phi) is 10.5. The zero-order chi connectivity index (χ0) is 25.6. The smallest absolute Gasteiger partial charge is 0.309 e. The standard InChI is InChI=1S/C24H36O8S/c1-8-32-24(31)20(9-17-13(4)15(6)33-16(17)7)14(5)19(23(29)30)10-18(22(27)28)11(2)12(3)21(25)26/h11-12,14,18-20H,8-10H2,1-7H3,(H,25,26)(H,27,28)(H,29,30). The molecule has 1 aromatic rings. The van der Waals surface area contributed by atoms with Crippen LogP contribution in [0.25, 0.3) is 0 Å². The average Bonchev–Trinajstić information content (AvgIpc) is 2.95. The van der Waals surface area contributed by atoms with E-state index in [1.54, 1.807) is 25.2 Å². The lowest BCUT2D eigenvalue weighted by Crippen LogP contribution is -2.39. The Bertz CT molecular complexity index is 874. The van der Waals surface area contributed by atoms with Crippen LogP contribution < -0.4 is 0 Å². The average molecular weight is 485 g/mol. The molecule has 0 saturated heterocycles. The number of esters is 1. The molecule has 0 aromatic carbocycles. The van der Waals surface area contributed by atoms with Crippen LogP contribution in [0.15, 0.2) is 0 Å². The molecule has 0 saturated carbocycles. The molecule has 1 aromatic heterocycles. The van der Waals surface area contributed by atoms with Gasteiger partial charge < -0.3 is 20.1 Å². The maximum absolute atomic E-state index is 12.9. The normalized spacial score (nSPS) is 16.8. The van der Waals surface area contributed by atoms with Crippen molar-refractivity contribution < 1.29 is 39.2 Å². The Morgan fingerprint density at radius 2 is 1.33 bits per heavy atom. The summed E-state index contributed by atoms with van der Waals surface area (Å²) in [5.41, 5.74) is 2.03. The van der Waals surface area contributed by atoms with E-state index < -0.39 is 59.4 Å². The number of carbonyl (C=O) groups is 4. The van der Waals surface area contributed by atoms with Crippen molar-refractivity contribution in [2.24, 2.45) is 35.5 Å². The Morgan fingerprint density at radius 1 is 0.818 bits per heavy atom. The van der Waals surface area contributed by atoms with Crippen molar-refractivity contribution in [1.29, 1.82) is 0 Å². The highest BCUT2D eigenvalue weighted by atomic mass is 32.1. The fraction of sp³-hybridized carbons (Fsp3) is 0.667. The van der Waals surface area contributed by atoms with Crippen LogP contribution >= 0.6 is 11.3 Å². The van der Waals surface area contributed by atoms with Gasteiger partial charge in [0.2, 0.25) is 0 Å². The highest BCUT2D eigenvalue weighted by Crippen LogP contribution is 2.37. The maximum atomic E-state index is 12.9. The number of hydrogen-bond donors (Lipinski definition) is 3. The summed E-state index contributed by atoms with van der Waals surface area (Å²) < 4.78 is 5.26. The monoisotopic (exact) mass is 484 g/mol. The summed E-state index contributed by atoms with van der Waals surface area (Å²) >= 11 is 1.61. The molecule has 8 nitrogen and oxygen atoms in total. The first-order valence-corrected chi connectivity index (χ1v) is 12.0. The minimum absolute atomic E-state index is 0.144. The van der Waals surface area contributed by atoms with Gasteiger partial charge in [-0.15, -0.1) is 11.3 Å². The summed E-state index contributed by atoms with van der Waals surface area (Å²) in [5, 5.41) is 29.0. The maximum Gasteiger partial charge on any atom is 0.309 e. The molecular weight excluding hydrogens is 448 g/mol. The lowest BCUT2D eigenvalue weighted by Gasteiger charge is -2.31. The molecule has 0 radical (unpaired) electrons. The van der Waals surface area contributed by atoms with Gasteiger partial charge in [-0.2, -0.15) is 0 Å². The van der Waals surface area contributed by atoms with Crippen molar-refractivity contribution in [3.8, 4) is 0 Å². The molecule has 6 atom stereocenters. The van der Waals surface area contributed by atoms with Gasteiger partial charge in [0.1, 0.15) is 0 Å². The Labute approximate surface area is 199 Å². The largest absolute Gasteiger partial charge is 0.481 e. The van der Waals surface area contributed by atoms with Gasteiger partial charge in [-0.1, -0.05) is 20.8 Å². The molecular formula is C24H36O8S. The third-order valence-electron chi connectivity index (χ3n) is 6.95. The zero-order valence-corrected chi connectivity index (χ0v) is 21.2. The fourth-order valence-corrected chi connectivity index (χ4v) is 5.40. The van der Waals surface area contributed by atoms with Gasteiger partial charge in [0, 0.05) is 9.75 Å². The first-order chi connectivity index (χ1) is 15.2. The van der Waals surface area contributed by atoms with Gasteiger partial charge in [-0.3, -0.25) is 19.2 Å². The zero-order valence-electron chi connectivity index (χ0n) is 20.4.